The van der Waals surface area contributed by atoms with Gasteiger partial charge in [0.15, 0.2) is 6.54 Å². The standard InChI is InChI=1S/C24H25N3O4/c1-15-6-8-16(9-7-15)21-22(29)18-4-2-3-5-19(18)31-24(21)26-20(28)14-27-12-10-17(11-13-27)23(25)30/h2-9,17H,10-14H2,1H3,(H2,25,30)(H,26,28)/p+1. The Hall–Kier alpha value is -3.45. The van der Waals surface area contributed by atoms with Crippen molar-refractivity contribution in [2.45, 2.75) is 19.8 Å². The first-order valence-electron chi connectivity index (χ1n) is 10.5. The van der Waals surface area contributed by atoms with E-state index in [1.54, 1.807) is 24.3 Å². The van der Waals surface area contributed by atoms with E-state index in [0.29, 0.717) is 48.0 Å². The summed E-state index contributed by atoms with van der Waals surface area (Å²) in [7, 11) is 0. The Morgan fingerprint density at radius 1 is 1.10 bits per heavy atom. The first kappa shape index (κ1) is 20.8. The smallest absolute Gasteiger partial charge is 0.281 e. The summed E-state index contributed by atoms with van der Waals surface area (Å²) < 4.78 is 5.96. The molecule has 0 spiro atoms. The van der Waals surface area contributed by atoms with E-state index in [1.165, 1.54) is 0 Å². The van der Waals surface area contributed by atoms with Gasteiger partial charge in [-0.25, -0.2) is 0 Å². The van der Waals surface area contributed by atoms with E-state index in [4.69, 9.17) is 10.2 Å². The van der Waals surface area contributed by atoms with Crippen molar-refractivity contribution in [3.63, 3.8) is 0 Å². The fourth-order valence-electron chi connectivity index (χ4n) is 4.10. The molecule has 4 rings (SSSR count). The van der Waals surface area contributed by atoms with Crippen LogP contribution in [0.3, 0.4) is 0 Å². The summed E-state index contributed by atoms with van der Waals surface area (Å²) in [5.74, 6) is -0.467. The number of likely N-dealkylation sites (tertiary alicyclic amines) is 1. The van der Waals surface area contributed by atoms with Crippen LogP contribution in [-0.2, 0) is 9.59 Å². The average Bonchev–Trinajstić information content (AvgIpc) is 2.75. The number of piperidine rings is 1. The number of rotatable bonds is 5. The van der Waals surface area contributed by atoms with Crippen molar-refractivity contribution in [2.24, 2.45) is 11.7 Å². The van der Waals surface area contributed by atoms with Crippen molar-refractivity contribution >= 4 is 28.7 Å². The summed E-state index contributed by atoms with van der Waals surface area (Å²) in [5.41, 5.74) is 7.73. The maximum absolute atomic E-state index is 13.2. The number of aryl methyl sites for hydroxylation is 1. The van der Waals surface area contributed by atoms with Crippen LogP contribution in [0.4, 0.5) is 5.88 Å². The predicted molar refractivity (Wildman–Crippen MR) is 119 cm³/mol. The van der Waals surface area contributed by atoms with E-state index in [9.17, 15) is 14.4 Å². The van der Waals surface area contributed by atoms with Gasteiger partial charge in [-0.1, -0.05) is 42.0 Å². The molecule has 1 aliphatic heterocycles. The molecule has 0 bridgehead atoms. The number of nitrogens with one attached hydrogen (secondary N) is 2. The van der Waals surface area contributed by atoms with Gasteiger partial charge in [-0.05, 0) is 24.6 Å². The molecule has 2 heterocycles. The number of primary amides is 1. The SMILES string of the molecule is Cc1ccc(-c2c(NC(=O)C[NH+]3CCC(C(N)=O)CC3)oc3ccccc3c2=O)cc1. The molecule has 0 radical (unpaired) electrons. The third-order valence-electron chi connectivity index (χ3n) is 5.90. The van der Waals surface area contributed by atoms with Crippen molar-refractivity contribution in [3.05, 3.63) is 64.3 Å². The molecule has 7 nitrogen and oxygen atoms in total. The molecular weight excluding hydrogens is 394 g/mol. The highest BCUT2D eigenvalue weighted by Crippen LogP contribution is 2.28. The molecule has 3 aromatic rings. The summed E-state index contributed by atoms with van der Waals surface area (Å²) in [4.78, 5) is 38.5. The number of anilines is 1. The fraction of sp³-hybridized carbons (Fsp3) is 0.292. The number of para-hydroxylation sites is 1. The molecule has 31 heavy (non-hydrogen) atoms. The highest BCUT2D eigenvalue weighted by molar-refractivity contribution is 5.96. The molecule has 1 aliphatic rings. The maximum Gasteiger partial charge on any atom is 0.281 e. The van der Waals surface area contributed by atoms with Crippen molar-refractivity contribution in [3.8, 4) is 11.1 Å². The van der Waals surface area contributed by atoms with E-state index in [-0.39, 0.29) is 35.6 Å². The topological polar surface area (TPSA) is 107 Å². The summed E-state index contributed by atoms with van der Waals surface area (Å²) in [6.07, 6.45) is 1.36. The minimum Gasteiger partial charge on any atom is -0.439 e. The third-order valence-corrected chi connectivity index (χ3v) is 5.90. The van der Waals surface area contributed by atoms with Gasteiger partial charge in [0.1, 0.15) is 5.58 Å². The van der Waals surface area contributed by atoms with Gasteiger partial charge in [-0.15, -0.1) is 0 Å². The minimum atomic E-state index is -0.274. The summed E-state index contributed by atoms with van der Waals surface area (Å²) in [6.45, 7) is 3.61. The molecule has 2 amide bonds. The van der Waals surface area contributed by atoms with Crippen molar-refractivity contribution in [1.82, 2.24) is 0 Å². The normalized spacial score (nSPS) is 18.6. The highest BCUT2D eigenvalue weighted by atomic mass is 16.4. The second-order valence-corrected chi connectivity index (χ2v) is 8.15. The second kappa shape index (κ2) is 8.73. The van der Waals surface area contributed by atoms with E-state index >= 15 is 0 Å². The zero-order chi connectivity index (χ0) is 22.0. The van der Waals surface area contributed by atoms with Crippen LogP contribution in [0.1, 0.15) is 18.4 Å². The Labute approximate surface area is 179 Å². The molecule has 1 aromatic heterocycles. The molecule has 2 aromatic carbocycles. The van der Waals surface area contributed by atoms with Crippen LogP contribution in [0.5, 0.6) is 0 Å². The molecule has 7 heteroatoms. The first-order chi connectivity index (χ1) is 14.9. The lowest BCUT2D eigenvalue weighted by Crippen LogP contribution is -3.14. The molecule has 0 unspecified atom stereocenters. The minimum absolute atomic E-state index is 0.113. The number of carbonyl (C=O) groups is 2. The third kappa shape index (κ3) is 4.51. The summed E-state index contributed by atoms with van der Waals surface area (Å²) >= 11 is 0. The number of fused-ring (bicyclic) bond motifs is 1. The van der Waals surface area contributed by atoms with Gasteiger partial charge in [0.05, 0.1) is 24.0 Å². The van der Waals surface area contributed by atoms with Crippen LogP contribution in [0, 0.1) is 12.8 Å². The number of benzene rings is 2. The molecule has 0 saturated carbocycles. The van der Waals surface area contributed by atoms with Gasteiger partial charge >= 0.3 is 0 Å². The van der Waals surface area contributed by atoms with Crippen LogP contribution in [0.2, 0.25) is 0 Å². The van der Waals surface area contributed by atoms with Gasteiger partial charge < -0.3 is 15.1 Å². The van der Waals surface area contributed by atoms with Gasteiger partial charge in [0.25, 0.3) is 5.91 Å². The second-order valence-electron chi connectivity index (χ2n) is 8.15. The van der Waals surface area contributed by atoms with Crippen molar-refractivity contribution in [2.75, 3.05) is 25.0 Å². The molecule has 4 N–H and O–H groups in total. The quantitative estimate of drug-likeness (QED) is 0.581. The van der Waals surface area contributed by atoms with Crippen molar-refractivity contribution < 1.29 is 18.9 Å². The lowest BCUT2D eigenvalue weighted by molar-refractivity contribution is -0.897. The molecule has 0 aliphatic carbocycles. The lowest BCUT2D eigenvalue weighted by Gasteiger charge is -2.27. The van der Waals surface area contributed by atoms with Crippen LogP contribution in [0.25, 0.3) is 22.1 Å². The van der Waals surface area contributed by atoms with Gasteiger partial charge in [-0.2, -0.15) is 0 Å². The van der Waals surface area contributed by atoms with Gasteiger partial charge in [0, 0.05) is 18.8 Å². The Morgan fingerprint density at radius 3 is 2.45 bits per heavy atom. The molecular formula is C24H26N3O4+. The Kier molecular flexibility index (Phi) is 5.86. The number of hydrogen-bond acceptors (Lipinski definition) is 4. The fourth-order valence-corrected chi connectivity index (χ4v) is 4.10. The van der Waals surface area contributed by atoms with E-state index in [1.807, 2.05) is 31.2 Å². The summed E-state index contributed by atoms with van der Waals surface area (Å²) in [5, 5.41) is 3.29. The number of carbonyl (C=O) groups excluding carboxylic acids is 2. The van der Waals surface area contributed by atoms with Gasteiger partial charge in [-0.3, -0.25) is 19.7 Å². The van der Waals surface area contributed by atoms with E-state index < -0.39 is 0 Å². The molecule has 160 valence electrons. The maximum atomic E-state index is 13.2. The van der Waals surface area contributed by atoms with E-state index in [2.05, 4.69) is 5.32 Å². The zero-order valence-electron chi connectivity index (χ0n) is 17.4. The van der Waals surface area contributed by atoms with Crippen LogP contribution < -0.4 is 21.4 Å². The molecule has 0 atom stereocenters. The largest absolute Gasteiger partial charge is 0.439 e. The summed E-state index contributed by atoms with van der Waals surface area (Å²) in [6, 6.07) is 14.6. The number of quaternary nitrogens is 1. The highest BCUT2D eigenvalue weighted by Gasteiger charge is 2.27. The number of hydrogen-bond donors (Lipinski definition) is 3. The first-order valence-corrected chi connectivity index (χ1v) is 10.5. The number of nitrogens with two attached hydrogens (primary N) is 1. The van der Waals surface area contributed by atoms with E-state index in [0.717, 1.165) is 10.5 Å². The van der Waals surface area contributed by atoms with Gasteiger partial charge in [0.2, 0.25) is 17.2 Å². The Morgan fingerprint density at radius 2 is 1.77 bits per heavy atom. The van der Waals surface area contributed by atoms with Crippen LogP contribution in [0.15, 0.2) is 57.7 Å². The average molecular weight is 420 g/mol. The molecule has 1 saturated heterocycles. The Balaban J connectivity index is 1.61. The van der Waals surface area contributed by atoms with Crippen molar-refractivity contribution in [1.29, 1.82) is 0 Å². The van der Waals surface area contributed by atoms with Crippen LogP contribution in [-0.4, -0.2) is 31.4 Å². The predicted octanol–water partition coefficient (Wildman–Crippen LogP) is 1.49. The lowest BCUT2D eigenvalue weighted by atomic mass is 9.96. The van der Waals surface area contributed by atoms with Crippen LogP contribution >= 0.6 is 0 Å². The monoisotopic (exact) mass is 420 g/mol. The Bertz CT molecular complexity index is 1180. The zero-order valence-corrected chi connectivity index (χ0v) is 17.4. The number of amides is 2. The molecule has 1 fully saturated rings.